The predicted octanol–water partition coefficient (Wildman–Crippen LogP) is 0.295. The van der Waals surface area contributed by atoms with E-state index in [0.29, 0.717) is 19.5 Å². The second-order valence-corrected chi connectivity index (χ2v) is 4.93. The molecule has 2 amide bonds. The lowest BCUT2D eigenvalue weighted by molar-refractivity contribution is -0.137. The molecule has 0 saturated carbocycles. The van der Waals surface area contributed by atoms with Crippen molar-refractivity contribution in [2.24, 2.45) is 0 Å². The van der Waals surface area contributed by atoms with Crippen molar-refractivity contribution in [1.29, 1.82) is 0 Å². The molecule has 5 nitrogen and oxygen atoms in total. The minimum atomic E-state index is -0.241. The SMILES string of the molecule is CCN(CC(=O)NC)C(=O)C1Cc2ccccc2CN1. The van der Waals surface area contributed by atoms with Gasteiger partial charge in [0.25, 0.3) is 0 Å². The first-order valence-electron chi connectivity index (χ1n) is 6.95. The van der Waals surface area contributed by atoms with Gasteiger partial charge in [0.1, 0.15) is 0 Å². The lowest BCUT2D eigenvalue weighted by Gasteiger charge is -2.30. The van der Waals surface area contributed by atoms with Gasteiger partial charge in [-0.2, -0.15) is 0 Å². The molecule has 0 radical (unpaired) electrons. The zero-order valence-electron chi connectivity index (χ0n) is 12.0. The van der Waals surface area contributed by atoms with Gasteiger partial charge < -0.3 is 15.5 Å². The fourth-order valence-electron chi connectivity index (χ4n) is 2.45. The largest absolute Gasteiger partial charge is 0.358 e. The molecule has 108 valence electrons. The Labute approximate surface area is 119 Å². The first kappa shape index (κ1) is 14.5. The van der Waals surface area contributed by atoms with Crippen molar-refractivity contribution in [3.8, 4) is 0 Å². The van der Waals surface area contributed by atoms with Crippen LogP contribution in [0.15, 0.2) is 24.3 Å². The maximum atomic E-state index is 12.5. The van der Waals surface area contributed by atoms with Crippen molar-refractivity contribution >= 4 is 11.8 Å². The standard InChI is InChI=1S/C15H21N3O2/c1-3-18(10-14(19)16-2)15(20)13-8-11-6-4-5-7-12(11)9-17-13/h4-7,13,17H,3,8-10H2,1-2H3,(H,16,19). The molecule has 1 aromatic carbocycles. The number of amides is 2. The van der Waals surface area contributed by atoms with E-state index in [9.17, 15) is 9.59 Å². The fraction of sp³-hybridized carbons (Fsp3) is 0.467. The molecular weight excluding hydrogens is 254 g/mol. The van der Waals surface area contributed by atoms with Crippen LogP contribution in [0.4, 0.5) is 0 Å². The summed E-state index contributed by atoms with van der Waals surface area (Å²) in [6.07, 6.45) is 0.680. The number of hydrogen-bond donors (Lipinski definition) is 2. The van der Waals surface area contributed by atoms with Crippen LogP contribution in [0.3, 0.4) is 0 Å². The average Bonchev–Trinajstić information content (AvgIpc) is 2.51. The second-order valence-electron chi connectivity index (χ2n) is 4.93. The summed E-state index contributed by atoms with van der Waals surface area (Å²) >= 11 is 0. The summed E-state index contributed by atoms with van der Waals surface area (Å²) < 4.78 is 0. The third kappa shape index (κ3) is 3.17. The predicted molar refractivity (Wildman–Crippen MR) is 77.1 cm³/mol. The number of benzene rings is 1. The zero-order chi connectivity index (χ0) is 14.5. The van der Waals surface area contributed by atoms with Gasteiger partial charge in [0.05, 0.1) is 12.6 Å². The summed E-state index contributed by atoms with van der Waals surface area (Å²) in [6, 6.07) is 7.89. The quantitative estimate of drug-likeness (QED) is 0.830. The van der Waals surface area contributed by atoms with Crippen LogP contribution in [0.2, 0.25) is 0 Å². The van der Waals surface area contributed by atoms with Gasteiger partial charge in [0, 0.05) is 20.1 Å². The van der Waals surface area contributed by atoms with Crippen LogP contribution < -0.4 is 10.6 Å². The molecular formula is C15H21N3O2. The van der Waals surface area contributed by atoms with Crippen LogP contribution in [0, 0.1) is 0 Å². The Bertz CT molecular complexity index is 502. The molecule has 1 aromatic rings. The van der Waals surface area contributed by atoms with E-state index in [1.165, 1.54) is 11.1 Å². The molecule has 0 fully saturated rings. The molecule has 2 rings (SSSR count). The van der Waals surface area contributed by atoms with E-state index in [-0.39, 0.29) is 24.4 Å². The number of carbonyl (C=O) groups is 2. The van der Waals surface area contributed by atoms with Crippen LogP contribution in [0.5, 0.6) is 0 Å². The van der Waals surface area contributed by atoms with Crippen molar-refractivity contribution in [2.75, 3.05) is 20.1 Å². The summed E-state index contributed by atoms with van der Waals surface area (Å²) in [5, 5.41) is 5.81. The third-order valence-corrected chi connectivity index (χ3v) is 3.69. The number of likely N-dealkylation sites (N-methyl/N-ethyl adjacent to an activating group) is 2. The highest BCUT2D eigenvalue weighted by atomic mass is 16.2. The Morgan fingerprint density at radius 1 is 1.35 bits per heavy atom. The maximum absolute atomic E-state index is 12.5. The Morgan fingerprint density at radius 2 is 2.05 bits per heavy atom. The highest BCUT2D eigenvalue weighted by Gasteiger charge is 2.27. The third-order valence-electron chi connectivity index (χ3n) is 3.69. The lowest BCUT2D eigenvalue weighted by Crippen LogP contribution is -2.51. The van der Waals surface area contributed by atoms with Crippen LogP contribution in [0.25, 0.3) is 0 Å². The van der Waals surface area contributed by atoms with Gasteiger partial charge in [-0.1, -0.05) is 24.3 Å². The molecule has 5 heteroatoms. The number of fused-ring (bicyclic) bond motifs is 1. The van der Waals surface area contributed by atoms with E-state index in [4.69, 9.17) is 0 Å². The summed E-state index contributed by atoms with van der Waals surface area (Å²) in [5.74, 6) is -0.151. The summed E-state index contributed by atoms with van der Waals surface area (Å²) in [6.45, 7) is 3.24. The highest BCUT2D eigenvalue weighted by molar-refractivity contribution is 5.87. The molecule has 0 saturated heterocycles. The Morgan fingerprint density at radius 3 is 2.70 bits per heavy atom. The fourth-order valence-corrected chi connectivity index (χ4v) is 2.45. The van der Waals surface area contributed by atoms with Crippen LogP contribution >= 0.6 is 0 Å². The molecule has 1 aliphatic rings. The Hall–Kier alpha value is -1.88. The second kappa shape index (κ2) is 6.52. The summed E-state index contributed by atoms with van der Waals surface area (Å²) in [4.78, 5) is 25.5. The summed E-state index contributed by atoms with van der Waals surface area (Å²) in [5.41, 5.74) is 2.45. The van der Waals surface area contributed by atoms with E-state index in [1.807, 2.05) is 19.1 Å². The maximum Gasteiger partial charge on any atom is 0.240 e. The number of nitrogens with one attached hydrogen (secondary N) is 2. The Balaban J connectivity index is 2.04. The van der Waals surface area contributed by atoms with Gasteiger partial charge in [0.15, 0.2) is 0 Å². The van der Waals surface area contributed by atoms with Crippen molar-refractivity contribution in [2.45, 2.75) is 25.9 Å². The first-order valence-corrected chi connectivity index (χ1v) is 6.95. The van der Waals surface area contributed by atoms with Gasteiger partial charge in [0.2, 0.25) is 11.8 Å². The van der Waals surface area contributed by atoms with Gasteiger partial charge in [-0.05, 0) is 24.5 Å². The van der Waals surface area contributed by atoms with E-state index >= 15 is 0 Å². The van der Waals surface area contributed by atoms with Crippen molar-refractivity contribution < 1.29 is 9.59 Å². The van der Waals surface area contributed by atoms with Gasteiger partial charge in [-0.25, -0.2) is 0 Å². The van der Waals surface area contributed by atoms with Crippen LogP contribution in [0.1, 0.15) is 18.1 Å². The lowest BCUT2D eigenvalue weighted by atomic mass is 9.95. The van der Waals surface area contributed by atoms with E-state index in [1.54, 1.807) is 11.9 Å². The summed E-state index contributed by atoms with van der Waals surface area (Å²) in [7, 11) is 1.58. The van der Waals surface area contributed by atoms with Gasteiger partial charge in [-0.15, -0.1) is 0 Å². The van der Waals surface area contributed by atoms with Crippen molar-refractivity contribution in [1.82, 2.24) is 15.5 Å². The van der Waals surface area contributed by atoms with Gasteiger partial charge >= 0.3 is 0 Å². The zero-order valence-corrected chi connectivity index (χ0v) is 12.0. The minimum absolute atomic E-state index is 0.00870. The smallest absolute Gasteiger partial charge is 0.240 e. The molecule has 2 N–H and O–H groups in total. The van der Waals surface area contributed by atoms with Crippen LogP contribution in [-0.2, 0) is 22.6 Å². The number of nitrogens with zero attached hydrogens (tertiary/aromatic N) is 1. The molecule has 1 unspecified atom stereocenters. The first-order chi connectivity index (χ1) is 9.65. The minimum Gasteiger partial charge on any atom is -0.358 e. The molecule has 1 atom stereocenters. The number of rotatable bonds is 4. The Kier molecular flexibility index (Phi) is 4.74. The normalized spacial score (nSPS) is 17.2. The van der Waals surface area contributed by atoms with Crippen molar-refractivity contribution in [3.63, 3.8) is 0 Å². The molecule has 1 aliphatic heterocycles. The number of carbonyl (C=O) groups excluding carboxylic acids is 2. The van der Waals surface area contributed by atoms with E-state index in [0.717, 1.165) is 0 Å². The monoisotopic (exact) mass is 275 g/mol. The molecule has 0 spiro atoms. The molecule has 0 bridgehead atoms. The number of hydrogen-bond acceptors (Lipinski definition) is 3. The van der Waals surface area contributed by atoms with Gasteiger partial charge in [-0.3, -0.25) is 9.59 Å². The van der Waals surface area contributed by atoms with Crippen molar-refractivity contribution in [3.05, 3.63) is 35.4 Å². The molecule has 1 heterocycles. The highest BCUT2D eigenvalue weighted by Crippen LogP contribution is 2.17. The van der Waals surface area contributed by atoms with Crippen LogP contribution in [-0.4, -0.2) is 42.9 Å². The topological polar surface area (TPSA) is 61.4 Å². The molecule has 0 aliphatic carbocycles. The van der Waals surface area contributed by atoms with E-state index in [2.05, 4.69) is 22.8 Å². The average molecular weight is 275 g/mol. The molecule has 20 heavy (non-hydrogen) atoms. The van der Waals surface area contributed by atoms with E-state index < -0.39 is 0 Å². The molecule has 0 aromatic heterocycles.